The van der Waals surface area contributed by atoms with Gasteiger partial charge in [0, 0.05) is 39.3 Å². The third-order valence-electron chi connectivity index (χ3n) is 5.41. The Morgan fingerprint density at radius 1 is 0.786 bits per heavy atom. The fourth-order valence-electron chi connectivity index (χ4n) is 3.77. The van der Waals surface area contributed by atoms with Gasteiger partial charge in [-0.25, -0.2) is 4.79 Å². The Hall–Kier alpha value is -2.85. The Labute approximate surface area is 166 Å². The van der Waals surface area contributed by atoms with Gasteiger partial charge in [-0.05, 0) is 34.4 Å². The Morgan fingerprint density at radius 2 is 1.50 bits per heavy atom. The number of nitrogens with zero attached hydrogens (tertiary/aromatic N) is 2. The molecule has 4 heteroatoms. The summed E-state index contributed by atoms with van der Waals surface area (Å²) in [7, 11) is 0. The minimum absolute atomic E-state index is 0.0567. The predicted molar refractivity (Wildman–Crippen MR) is 114 cm³/mol. The van der Waals surface area contributed by atoms with E-state index in [4.69, 9.17) is 0 Å². The van der Waals surface area contributed by atoms with E-state index in [1.54, 1.807) is 0 Å². The number of urea groups is 1. The van der Waals surface area contributed by atoms with E-state index >= 15 is 0 Å². The zero-order valence-corrected chi connectivity index (χ0v) is 16.2. The number of rotatable bonds is 5. The number of benzene rings is 3. The van der Waals surface area contributed by atoms with Gasteiger partial charge in [0.05, 0.1) is 0 Å². The fraction of sp³-hybridized carbons (Fsp3) is 0.292. The van der Waals surface area contributed by atoms with Crippen molar-refractivity contribution in [2.45, 2.75) is 13.0 Å². The predicted octanol–water partition coefficient (Wildman–Crippen LogP) is 3.91. The molecule has 1 aliphatic heterocycles. The molecule has 0 radical (unpaired) electrons. The van der Waals surface area contributed by atoms with E-state index in [0.717, 1.165) is 39.1 Å². The Kier molecular flexibility index (Phi) is 5.88. The van der Waals surface area contributed by atoms with E-state index in [0.29, 0.717) is 6.54 Å². The first-order valence-corrected chi connectivity index (χ1v) is 10.0. The van der Waals surface area contributed by atoms with Crippen LogP contribution in [-0.2, 0) is 13.0 Å². The van der Waals surface area contributed by atoms with Crippen LogP contribution < -0.4 is 5.32 Å². The summed E-state index contributed by atoms with van der Waals surface area (Å²) in [5.74, 6) is 0. The molecule has 0 aliphatic carbocycles. The Balaban J connectivity index is 1.23. The van der Waals surface area contributed by atoms with Gasteiger partial charge in [-0.2, -0.15) is 0 Å². The lowest BCUT2D eigenvalue weighted by Gasteiger charge is -2.34. The number of nitrogens with one attached hydrogen (secondary N) is 1. The standard InChI is InChI=1S/C24H27N3O/c28-24(25-13-12-20-6-2-1-3-7-20)27-16-14-26(15-17-27)19-21-10-11-22-8-4-5-9-23(22)18-21/h1-11,18H,12-17,19H2,(H,25,28). The summed E-state index contributed by atoms with van der Waals surface area (Å²) >= 11 is 0. The van der Waals surface area contributed by atoms with Gasteiger partial charge in [0.1, 0.15) is 0 Å². The van der Waals surface area contributed by atoms with Gasteiger partial charge in [-0.15, -0.1) is 0 Å². The van der Waals surface area contributed by atoms with Crippen molar-refractivity contribution in [1.29, 1.82) is 0 Å². The molecule has 0 saturated carbocycles. The molecule has 144 valence electrons. The highest BCUT2D eigenvalue weighted by Crippen LogP contribution is 2.17. The quantitative estimate of drug-likeness (QED) is 0.736. The van der Waals surface area contributed by atoms with Gasteiger partial charge < -0.3 is 10.2 Å². The molecule has 1 N–H and O–H groups in total. The molecule has 0 bridgehead atoms. The summed E-state index contributed by atoms with van der Waals surface area (Å²) in [6.07, 6.45) is 0.870. The molecular weight excluding hydrogens is 346 g/mol. The number of carbonyl (C=O) groups excluding carboxylic acids is 1. The Morgan fingerprint density at radius 3 is 2.29 bits per heavy atom. The van der Waals surface area contributed by atoms with Crippen molar-refractivity contribution in [3.8, 4) is 0 Å². The second-order valence-electron chi connectivity index (χ2n) is 7.41. The number of carbonyl (C=O) groups is 1. The van der Waals surface area contributed by atoms with Crippen LogP contribution in [-0.4, -0.2) is 48.6 Å². The summed E-state index contributed by atoms with van der Waals surface area (Å²) in [5.41, 5.74) is 2.59. The van der Waals surface area contributed by atoms with E-state index in [1.165, 1.54) is 21.9 Å². The van der Waals surface area contributed by atoms with Crippen molar-refractivity contribution < 1.29 is 4.79 Å². The van der Waals surface area contributed by atoms with E-state index in [1.807, 2.05) is 23.1 Å². The molecule has 1 saturated heterocycles. The SMILES string of the molecule is O=C(NCCc1ccccc1)N1CCN(Cc2ccc3ccccc3c2)CC1. The number of hydrogen-bond acceptors (Lipinski definition) is 2. The third kappa shape index (κ3) is 4.70. The Bertz CT molecular complexity index is 917. The van der Waals surface area contributed by atoms with Crippen molar-refractivity contribution in [2.24, 2.45) is 0 Å². The van der Waals surface area contributed by atoms with Crippen LogP contribution in [0.4, 0.5) is 4.79 Å². The van der Waals surface area contributed by atoms with Gasteiger partial charge in [0.25, 0.3) is 0 Å². The molecule has 2 amide bonds. The van der Waals surface area contributed by atoms with E-state index < -0.39 is 0 Å². The summed E-state index contributed by atoms with van der Waals surface area (Å²) in [6.45, 7) is 5.02. The normalized spacial score (nSPS) is 14.9. The molecule has 4 rings (SSSR count). The van der Waals surface area contributed by atoms with Gasteiger partial charge in [0.2, 0.25) is 0 Å². The van der Waals surface area contributed by atoms with E-state index in [-0.39, 0.29) is 6.03 Å². The smallest absolute Gasteiger partial charge is 0.317 e. The molecule has 0 unspecified atom stereocenters. The molecule has 0 spiro atoms. The van der Waals surface area contributed by atoms with Crippen LogP contribution >= 0.6 is 0 Å². The third-order valence-corrected chi connectivity index (χ3v) is 5.41. The first kappa shape index (κ1) is 18.5. The number of hydrogen-bond donors (Lipinski definition) is 1. The van der Waals surface area contributed by atoms with Gasteiger partial charge in [0.15, 0.2) is 0 Å². The molecule has 4 nitrogen and oxygen atoms in total. The van der Waals surface area contributed by atoms with Crippen molar-refractivity contribution in [2.75, 3.05) is 32.7 Å². The van der Waals surface area contributed by atoms with Crippen LogP contribution in [0.1, 0.15) is 11.1 Å². The maximum atomic E-state index is 12.4. The first-order valence-electron chi connectivity index (χ1n) is 10.0. The molecule has 3 aromatic carbocycles. The van der Waals surface area contributed by atoms with Crippen LogP contribution in [0.25, 0.3) is 10.8 Å². The van der Waals surface area contributed by atoms with Crippen molar-refractivity contribution in [1.82, 2.24) is 15.1 Å². The molecule has 3 aromatic rings. The molecule has 0 atom stereocenters. The highest BCUT2D eigenvalue weighted by Gasteiger charge is 2.20. The van der Waals surface area contributed by atoms with Gasteiger partial charge in [-0.1, -0.05) is 66.7 Å². The molecular formula is C24H27N3O. The van der Waals surface area contributed by atoms with Gasteiger partial charge in [-0.3, -0.25) is 4.90 Å². The van der Waals surface area contributed by atoms with Crippen molar-refractivity contribution in [3.63, 3.8) is 0 Å². The average Bonchev–Trinajstić information content (AvgIpc) is 2.75. The highest BCUT2D eigenvalue weighted by molar-refractivity contribution is 5.83. The van der Waals surface area contributed by atoms with Crippen LogP contribution in [0.2, 0.25) is 0 Å². The number of fused-ring (bicyclic) bond motifs is 1. The van der Waals surface area contributed by atoms with Crippen LogP contribution in [0.3, 0.4) is 0 Å². The first-order chi connectivity index (χ1) is 13.8. The second kappa shape index (κ2) is 8.89. The average molecular weight is 374 g/mol. The van der Waals surface area contributed by atoms with E-state index in [2.05, 4.69) is 64.8 Å². The molecule has 1 fully saturated rings. The highest BCUT2D eigenvalue weighted by atomic mass is 16.2. The lowest BCUT2D eigenvalue weighted by molar-refractivity contribution is 0.135. The molecule has 1 aliphatic rings. The van der Waals surface area contributed by atoms with Crippen LogP contribution in [0, 0.1) is 0 Å². The zero-order valence-electron chi connectivity index (χ0n) is 16.2. The lowest BCUT2D eigenvalue weighted by atomic mass is 10.1. The monoisotopic (exact) mass is 373 g/mol. The zero-order chi connectivity index (χ0) is 19.2. The molecule has 28 heavy (non-hydrogen) atoms. The maximum Gasteiger partial charge on any atom is 0.317 e. The maximum absolute atomic E-state index is 12.4. The van der Waals surface area contributed by atoms with Crippen molar-refractivity contribution in [3.05, 3.63) is 83.9 Å². The summed E-state index contributed by atoms with van der Waals surface area (Å²) in [5, 5.41) is 5.62. The fourth-order valence-corrected chi connectivity index (χ4v) is 3.77. The van der Waals surface area contributed by atoms with Crippen LogP contribution in [0.5, 0.6) is 0 Å². The summed E-state index contributed by atoms with van der Waals surface area (Å²) in [4.78, 5) is 16.8. The number of amides is 2. The largest absolute Gasteiger partial charge is 0.338 e. The number of piperazine rings is 1. The minimum atomic E-state index is 0.0567. The summed E-state index contributed by atoms with van der Waals surface area (Å²) in [6, 6.07) is 25.5. The minimum Gasteiger partial charge on any atom is -0.338 e. The van der Waals surface area contributed by atoms with Crippen LogP contribution in [0.15, 0.2) is 72.8 Å². The van der Waals surface area contributed by atoms with Crippen molar-refractivity contribution >= 4 is 16.8 Å². The topological polar surface area (TPSA) is 35.6 Å². The molecule has 1 heterocycles. The molecule has 0 aromatic heterocycles. The lowest BCUT2D eigenvalue weighted by Crippen LogP contribution is -2.51. The van der Waals surface area contributed by atoms with E-state index in [9.17, 15) is 4.79 Å². The second-order valence-corrected chi connectivity index (χ2v) is 7.41. The van der Waals surface area contributed by atoms with Gasteiger partial charge >= 0.3 is 6.03 Å². The summed E-state index contributed by atoms with van der Waals surface area (Å²) < 4.78 is 0.